The van der Waals surface area contributed by atoms with Crippen LogP contribution in [0.2, 0.25) is 0 Å². The first-order valence-electron chi connectivity index (χ1n) is 1.75. The lowest BCUT2D eigenvalue weighted by molar-refractivity contribution is 0.225. The number of halogens is 1. The van der Waals surface area contributed by atoms with E-state index >= 15 is 0 Å². The summed E-state index contributed by atoms with van der Waals surface area (Å²) in [5, 5.41) is 0. The van der Waals surface area contributed by atoms with Gasteiger partial charge in [-0.05, 0) is 0 Å². The van der Waals surface area contributed by atoms with Gasteiger partial charge in [0, 0.05) is 7.05 Å². The lowest BCUT2D eigenvalue weighted by Crippen LogP contribution is -2.30. The molecule has 7 heavy (non-hydrogen) atoms. The zero-order valence-electron chi connectivity index (χ0n) is 4.02. The van der Waals surface area contributed by atoms with Gasteiger partial charge in [0.1, 0.15) is 0 Å². The van der Waals surface area contributed by atoms with Crippen molar-refractivity contribution in [1.29, 1.82) is 0 Å². The number of hydrogen-bond acceptors (Lipinski definition) is 1. The lowest BCUT2D eigenvalue weighted by atomic mass is 10.9. The van der Waals surface area contributed by atoms with Crippen molar-refractivity contribution in [3.63, 3.8) is 0 Å². The van der Waals surface area contributed by atoms with E-state index in [1.54, 1.807) is 0 Å². The maximum atomic E-state index is 9.99. The smallest absolute Gasteiger partial charge is 0.315 e. The Morgan fingerprint density at radius 3 is 2.43 bits per heavy atom. The molecule has 3 nitrogen and oxygen atoms in total. The molecular weight excluding hydrogens is 115 g/mol. The van der Waals surface area contributed by atoms with Crippen LogP contribution in [0.4, 0.5) is 4.79 Å². The standard InChI is InChI=1S/C3H7ClN2O/c1-6(2-4)3(5)7/h2H2,1H3,(H2,5,7). The highest BCUT2D eigenvalue weighted by atomic mass is 35.5. The van der Waals surface area contributed by atoms with Crippen LogP contribution < -0.4 is 5.73 Å². The van der Waals surface area contributed by atoms with Crippen molar-refractivity contribution in [3.8, 4) is 0 Å². The van der Waals surface area contributed by atoms with Crippen molar-refractivity contribution in [2.24, 2.45) is 5.73 Å². The maximum Gasteiger partial charge on any atom is 0.315 e. The molecule has 0 bridgehead atoms. The predicted octanol–water partition coefficient (Wildman–Crippen LogP) is 0.193. The number of carbonyl (C=O) groups is 1. The zero-order chi connectivity index (χ0) is 5.86. The summed E-state index contributed by atoms with van der Waals surface area (Å²) in [7, 11) is 1.52. The first-order valence-corrected chi connectivity index (χ1v) is 2.28. The molecule has 0 aromatic heterocycles. The van der Waals surface area contributed by atoms with E-state index in [1.807, 2.05) is 0 Å². The normalized spacial score (nSPS) is 8.29. The molecule has 4 heteroatoms. The average molecular weight is 123 g/mol. The van der Waals surface area contributed by atoms with E-state index in [-0.39, 0.29) is 6.00 Å². The third kappa shape index (κ3) is 2.28. The summed E-state index contributed by atoms with van der Waals surface area (Å²) >= 11 is 5.17. The Balaban J connectivity index is 3.34. The summed E-state index contributed by atoms with van der Waals surface area (Å²) in [6, 6.07) is -0.356. The summed E-state index contributed by atoms with van der Waals surface area (Å²) in [6.07, 6.45) is 0. The van der Waals surface area contributed by atoms with Gasteiger partial charge in [-0.25, -0.2) is 4.79 Å². The molecule has 0 spiro atoms. The first kappa shape index (κ1) is 6.56. The zero-order valence-corrected chi connectivity index (χ0v) is 4.77. The molecule has 0 aliphatic heterocycles. The second kappa shape index (κ2) is 2.69. The molecule has 0 aromatic carbocycles. The van der Waals surface area contributed by atoms with Gasteiger partial charge in [-0.15, -0.1) is 11.6 Å². The molecular formula is C3H7ClN2O. The summed E-state index contributed by atoms with van der Waals surface area (Å²) in [6.45, 7) is 0. The van der Waals surface area contributed by atoms with Gasteiger partial charge in [0.25, 0.3) is 0 Å². The number of urea groups is 1. The van der Waals surface area contributed by atoms with Gasteiger partial charge in [0.2, 0.25) is 0 Å². The summed E-state index contributed by atoms with van der Waals surface area (Å²) in [5.74, 6) is 0. The highest BCUT2D eigenvalue weighted by molar-refractivity contribution is 6.18. The van der Waals surface area contributed by atoms with E-state index < -0.39 is 6.03 Å². The van der Waals surface area contributed by atoms with Crippen molar-refractivity contribution in [2.45, 2.75) is 0 Å². The Morgan fingerprint density at radius 2 is 2.43 bits per heavy atom. The van der Waals surface area contributed by atoms with Gasteiger partial charge in [0.05, 0.1) is 6.00 Å². The third-order valence-electron chi connectivity index (χ3n) is 0.556. The van der Waals surface area contributed by atoms with Crippen LogP contribution in [0.15, 0.2) is 0 Å². The molecule has 0 aromatic rings. The van der Waals surface area contributed by atoms with Crippen molar-refractivity contribution in [3.05, 3.63) is 0 Å². The van der Waals surface area contributed by atoms with Crippen LogP contribution in [0, 0.1) is 0 Å². The van der Waals surface area contributed by atoms with E-state index in [4.69, 9.17) is 17.3 Å². The molecule has 0 unspecified atom stereocenters. The van der Waals surface area contributed by atoms with E-state index in [0.29, 0.717) is 0 Å². The number of nitrogens with zero attached hydrogens (tertiary/aromatic N) is 1. The Labute approximate surface area is 47.0 Å². The highest BCUT2D eigenvalue weighted by Crippen LogP contribution is 1.81. The topological polar surface area (TPSA) is 46.3 Å². The van der Waals surface area contributed by atoms with E-state index in [0.717, 1.165) is 0 Å². The average Bonchev–Trinajstić information content (AvgIpc) is 1.65. The Hall–Kier alpha value is -0.440. The van der Waals surface area contributed by atoms with Crippen molar-refractivity contribution < 1.29 is 4.79 Å². The molecule has 0 radical (unpaired) electrons. The van der Waals surface area contributed by atoms with Crippen molar-refractivity contribution in [2.75, 3.05) is 13.1 Å². The lowest BCUT2D eigenvalue weighted by Gasteiger charge is -2.06. The molecule has 42 valence electrons. The molecule has 0 aliphatic rings. The van der Waals surface area contributed by atoms with E-state index in [1.165, 1.54) is 11.9 Å². The van der Waals surface area contributed by atoms with Gasteiger partial charge in [-0.1, -0.05) is 0 Å². The number of nitrogens with two attached hydrogens (primary N) is 1. The first-order chi connectivity index (χ1) is 3.18. The minimum atomic E-state index is -0.505. The quantitative estimate of drug-likeness (QED) is 0.392. The maximum absolute atomic E-state index is 9.99. The molecule has 0 aliphatic carbocycles. The minimum Gasteiger partial charge on any atom is -0.351 e. The van der Waals surface area contributed by atoms with Crippen molar-refractivity contribution in [1.82, 2.24) is 4.90 Å². The number of carbonyl (C=O) groups excluding carboxylic acids is 1. The second-order valence-corrected chi connectivity index (χ2v) is 1.39. The molecule has 0 saturated carbocycles. The van der Waals surface area contributed by atoms with Gasteiger partial charge >= 0.3 is 6.03 Å². The Morgan fingerprint density at radius 1 is 2.00 bits per heavy atom. The number of hydrogen-bond donors (Lipinski definition) is 1. The van der Waals surface area contributed by atoms with Crippen molar-refractivity contribution >= 4 is 17.6 Å². The molecule has 0 saturated heterocycles. The SMILES string of the molecule is CN(CCl)C(N)=O. The number of alkyl halides is 1. The molecule has 0 fully saturated rings. The van der Waals surface area contributed by atoms with E-state index in [9.17, 15) is 4.79 Å². The molecule has 0 heterocycles. The Bertz CT molecular complexity index is 75.3. The number of rotatable bonds is 1. The highest BCUT2D eigenvalue weighted by Gasteiger charge is 1.96. The summed E-state index contributed by atoms with van der Waals surface area (Å²) < 4.78 is 0. The Kier molecular flexibility index (Phi) is 2.52. The largest absolute Gasteiger partial charge is 0.351 e. The van der Waals surface area contributed by atoms with Gasteiger partial charge in [-0.2, -0.15) is 0 Å². The van der Waals surface area contributed by atoms with Crippen LogP contribution in [-0.4, -0.2) is 24.0 Å². The van der Waals surface area contributed by atoms with Crippen LogP contribution in [-0.2, 0) is 0 Å². The third-order valence-corrected chi connectivity index (χ3v) is 0.914. The fourth-order valence-electron chi connectivity index (χ4n) is 0.0589. The van der Waals surface area contributed by atoms with Crippen LogP contribution in [0.1, 0.15) is 0 Å². The predicted molar refractivity (Wildman–Crippen MR) is 28.1 cm³/mol. The van der Waals surface area contributed by atoms with Crippen LogP contribution >= 0.6 is 11.6 Å². The number of amides is 2. The second-order valence-electron chi connectivity index (χ2n) is 1.16. The minimum absolute atomic E-state index is 0.148. The van der Waals surface area contributed by atoms with Gasteiger partial charge < -0.3 is 10.6 Å². The van der Waals surface area contributed by atoms with Gasteiger partial charge in [0.15, 0.2) is 0 Å². The van der Waals surface area contributed by atoms with Crippen LogP contribution in [0.5, 0.6) is 0 Å². The van der Waals surface area contributed by atoms with Gasteiger partial charge in [-0.3, -0.25) is 0 Å². The van der Waals surface area contributed by atoms with E-state index in [2.05, 4.69) is 0 Å². The monoisotopic (exact) mass is 122 g/mol. The molecule has 2 amide bonds. The fraction of sp³-hybridized carbons (Fsp3) is 0.667. The van der Waals surface area contributed by atoms with Crippen LogP contribution in [0.25, 0.3) is 0 Å². The summed E-state index contributed by atoms with van der Waals surface area (Å²) in [5.41, 5.74) is 4.75. The fourth-order valence-corrected chi connectivity index (χ4v) is 0.177. The molecule has 2 N–H and O–H groups in total. The molecule has 0 atom stereocenters. The number of primary amides is 1. The molecule has 0 rings (SSSR count). The van der Waals surface area contributed by atoms with Crippen LogP contribution in [0.3, 0.4) is 0 Å². The summed E-state index contributed by atoms with van der Waals surface area (Å²) in [4.78, 5) is 11.2.